The number of H-pyrrole nitrogens is 1. The molecule has 0 radical (unpaired) electrons. The van der Waals surface area contributed by atoms with Crippen LogP contribution in [-0.2, 0) is 0 Å². The molecule has 3 nitrogen and oxygen atoms in total. The smallest absolute Gasteiger partial charge is 0.181 e. The number of hydrogen-bond donors (Lipinski definition) is 1. The van der Waals surface area contributed by atoms with E-state index in [1.165, 1.54) is 0 Å². The van der Waals surface area contributed by atoms with Crippen LogP contribution >= 0.6 is 23.2 Å². The predicted molar refractivity (Wildman–Crippen MR) is 61.1 cm³/mol. The quantitative estimate of drug-likeness (QED) is 0.819. The van der Waals surface area contributed by atoms with Crippen molar-refractivity contribution >= 4 is 23.2 Å². The minimum absolute atomic E-state index is 0.176. The van der Waals surface area contributed by atoms with Gasteiger partial charge >= 0.3 is 0 Å². The van der Waals surface area contributed by atoms with Gasteiger partial charge in [-0.25, -0.2) is 4.98 Å². The largest absolute Gasteiger partial charge is 0.261 e. The third-order valence-electron chi connectivity index (χ3n) is 1.96. The fourth-order valence-electron chi connectivity index (χ4n) is 1.21. The topological polar surface area (TPSA) is 41.6 Å². The lowest BCUT2D eigenvalue weighted by Gasteiger charge is -1.95. The maximum Gasteiger partial charge on any atom is 0.181 e. The Kier molecular flexibility index (Phi) is 2.93. The third kappa shape index (κ3) is 2.30. The van der Waals surface area contributed by atoms with Crippen LogP contribution in [0.5, 0.6) is 0 Å². The number of benzene rings is 1. The Bertz CT molecular complexity index is 465. The highest BCUT2D eigenvalue weighted by atomic mass is 35.5. The molecule has 1 unspecified atom stereocenters. The second kappa shape index (κ2) is 4.21. The van der Waals surface area contributed by atoms with E-state index in [1.54, 1.807) is 0 Å². The number of nitrogens with zero attached hydrogens (tertiary/aromatic N) is 2. The van der Waals surface area contributed by atoms with Crippen LogP contribution in [0.4, 0.5) is 0 Å². The molecule has 1 atom stereocenters. The maximum atomic E-state index is 5.88. The van der Waals surface area contributed by atoms with Crippen molar-refractivity contribution in [2.75, 3.05) is 0 Å². The zero-order valence-electron chi connectivity index (χ0n) is 8.04. The summed E-state index contributed by atoms with van der Waals surface area (Å²) >= 11 is 11.7. The highest BCUT2D eigenvalue weighted by Crippen LogP contribution is 2.21. The molecule has 5 heteroatoms. The van der Waals surface area contributed by atoms with Crippen molar-refractivity contribution < 1.29 is 0 Å². The Balaban J connectivity index is 2.37. The maximum absolute atomic E-state index is 5.88. The summed E-state index contributed by atoms with van der Waals surface area (Å²) in [6, 6.07) is 7.38. The highest BCUT2D eigenvalue weighted by Gasteiger charge is 2.09. The van der Waals surface area contributed by atoms with Crippen LogP contribution in [0.3, 0.4) is 0 Å². The Labute approximate surface area is 97.4 Å². The molecule has 1 aromatic heterocycles. The first-order chi connectivity index (χ1) is 7.16. The van der Waals surface area contributed by atoms with E-state index in [4.69, 9.17) is 23.2 Å². The Morgan fingerprint density at radius 2 is 2.20 bits per heavy atom. The summed E-state index contributed by atoms with van der Waals surface area (Å²) in [5, 5.41) is 7.35. The first-order valence-electron chi connectivity index (χ1n) is 4.49. The number of aromatic nitrogens is 3. The molecule has 0 aliphatic carbocycles. The Hall–Kier alpha value is -1.06. The SMILES string of the molecule is CC(Cl)c1nc(-c2cccc(Cl)c2)n[nH]1. The van der Waals surface area contributed by atoms with Crippen LogP contribution in [0, 0.1) is 0 Å². The molecule has 1 N–H and O–H groups in total. The highest BCUT2D eigenvalue weighted by molar-refractivity contribution is 6.30. The summed E-state index contributed by atoms with van der Waals surface area (Å²) in [6.07, 6.45) is 0. The van der Waals surface area contributed by atoms with Crippen molar-refractivity contribution in [1.82, 2.24) is 15.2 Å². The van der Waals surface area contributed by atoms with Gasteiger partial charge in [-0.2, -0.15) is 5.10 Å². The van der Waals surface area contributed by atoms with E-state index >= 15 is 0 Å². The molecule has 2 aromatic rings. The molecule has 0 amide bonds. The van der Waals surface area contributed by atoms with E-state index < -0.39 is 0 Å². The summed E-state index contributed by atoms with van der Waals surface area (Å²) < 4.78 is 0. The molecule has 2 rings (SSSR count). The molecule has 0 saturated carbocycles. The number of halogens is 2. The Morgan fingerprint density at radius 1 is 1.40 bits per heavy atom. The second-order valence-corrected chi connectivity index (χ2v) is 4.26. The summed E-state index contributed by atoms with van der Waals surface area (Å²) in [4.78, 5) is 4.26. The van der Waals surface area contributed by atoms with Crippen molar-refractivity contribution in [2.24, 2.45) is 0 Å². The van der Waals surface area contributed by atoms with Gasteiger partial charge in [0.25, 0.3) is 0 Å². The van der Waals surface area contributed by atoms with Gasteiger partial charge in [0, 0.05) is 10.6 Å². The molecular weight excluding hydrogens is 233 g/mol. The summed E-state index contributed by atoms with van der Waals surface area (Å²) in [6.45, 7) is 1.84. The van der Waals surface area contributed by atoms with Gasteiger partial charge in [0.2, 0.25) is 0 Å². The van der Waals surface area contributed by atoms with Gasteiger partial charge in [-0.3, -0.25) is 5.10 Å². The van der Waals surface area contributed by atoms with E-state index in [-0.39, 0.29) is 5.38 Å². The number of rotatable bonds is 2. The van der Waals surface area contributed by atoms with Crippen LogP contribution in [0.1, 0.15) is 18.1 Å². The molecule has 0 aliphatic heterocycles. The summed E-state index contributed by atoms with van der Waals surface area (Å²) in [5.41, 5.74) is 0.877. The first kappa shape index (κ1) is 10.5. The minimum atomic E-state index is -0.176. The number of nitrogens with one attached hydrogen (secondary N) is 1. The molecule has 78 valence electrons. The molecule has 0 saturated heterocycles. The first-order valence-corrected chi connectivity index (χ1v) is 5.30. The molecule has 0 fully saturated rings. The van der Waals surface area contributed by atoms with Gasteiger partial charge < -0.3 is 0 Å². The van der Waals surface area contributed by atoms with E-state index in [0.29, 0.717) is 16.7 Å². The molecule has 0 aliphatic rings. The van der Waals surface area contributed by atoms with Gasteiger partial charge in [-0.1, -0.05) is 23.7 Å². The van der Waals surface area contributed by atoms with Crippen molar-refractivity contribution in [1.29, 1.82) is 0 Å². The number of hydrogen-bond acceptors (Lipinski definition) is 2. The number of aromatic amines is 1. The average molecular weight is 242 g/mol. The molecule has 15 heavy (non-hydrogen) atoms. The van der Waals surface area contributed by atoms with Gasteiger partial charge in [0.1, 0.15) is 5.82 Å². The molecule has 1 heterocycles. The standard InChI is InChI=1S/C10H9Cl2N3/c1-6(11)9-13-10(15-14-9)7-3-2-4-8(12)5-7/h2-6H,1H3,(H,13,14,15). The monoisotopic (exact) mass is 241 g/mol. The van der Waals surface area contributed by atoms with Crippen molar-refractivity contribution in [3.63, 3.8) is 0 Å². The van der Waals surface area contributed by atoms with E-state index in [2.05, 4.69) is 15.2 Å². The molecule has 0 spiro atoms. The molecular formula is C10H9Cl2N3. The fourth-order valence-corrected chi connectivity index (χ4v) is 1.50. The van der Waals surface area contributed by atoms with Crippen LogP contribution < -0.4 is 0 Å². The average Bonchev–Trinajstić information content (AvgIpc) is 2.66. The van der Waals surface area contributed by atoms with E-state index in [9.17, 15) is 0 Å². The fraction of sp³-hybridized carbons (Fsp3) is 0.200. The van der Waals surface area contributed by atoms with Crippen LogP contribution in [-0.4, -0.2) is 15.2 Å². The van der Waals surface area contributed by atoms with Crippen molar-refractivity contribution in [3.8, 4) is 11.4 Å². The minimum Gasteiger partial charge on any atom is -0.261 e. The lowest BCUT2D eigenvalue weighted by Crippen LogP contribution is -1.86. The normalized spacial score (nSPS) is 12.7. The molecule has 1 aromatic carbocycles. The molecule has 0 bridgehead atoms. The van der Waals surface area contributed by atoms with Gasteiger partial charge in [0.05, 0.1) is 5.38 Å². The van der Waals surface area contributed by atoms with Crippen LogP contribution in [0.25, 0.3) is 11.4 Å². The van der Waals surface area contributed by atoms with Crippen molar-refractivity contribution in [3.05, 3.63) is 35.1 Å². The van der Waals surface area contributed by atoms with E-state index in [1.807, 2.05) is 31.2 Å². The van der Waals surface area contributed by atoms with Crippen LogP contribution in [0.15, 0.2) is 24.3 Å². The summed E-state index contributed by atoms with van der Waals surface area (Å²) in [7, 11) is 0. The summed E-state index contributed by atoms with van der Waals surface area (Å²) in [5.74, 6) is 1.27. The lowest BCUT2D eigenvalue weighted by molar-refractivity contribution is 0.918. The Morgan fingerprint density at radius 3 is 2.80 bits per heavy atom. The van der Waals surface area contributed by atoms with E-state index in [0.717, 1.165) is 5.56 Å². The third-order valence-corrected chi connectivity index (χ3v) is 2.40. The predicted octanol–water partition coefficient (Wildman–Crippen LogP) is 3.42. The zero-order chi connectivity index (χ0) is 10.8. The zero-order valence-corrected chi connectivity index (χ0v) is 9.55. The number of alkyl halides is 1. The second-order valence-electron chi connectivity index (χ2n) is 3.17. The van der Waals surface area contributed by atoms with Gasteiger partial charge in [-0.05, 0) is 19.1 Å². The van der Waals surface area contributed by atoms with Crippen LogP contribution in [0.2, 0.25) is 5.02 Å². The lowest BCUT2D eigenvalue weighted by atomic mass is 10.2. The van der Waals surface area contributed by atoms with Gasteiger partial charge in [-0.15, -0.1) is 11.6 Å². The van der Waals surface area contributed by atoms with Gasteiger partial charge in [0.15, 0.2) is 5.82 Å². The van der Waals surface area contributed by atoms with Crippen molar-refractivity contribution in [2.45, 2.75) is 12.3 Å².